The van der Waals surface area contributed by atoms with Gasteiger partial charge in [0.2, 0.25) is 0 Å². The van der Waals surface area contributed by atoms with Gasteiger partial charge in [0, 0.05) is 12.7 Å². The van der Waals surface area contributed by atoms with Crippen molar-refractivity contribution in [3.63, 3.8) is 0 Å². The normalized spacial score (nSPS) is 10.2. The molecule has 1 heterocycles. The highest BCUT2D eigenvalue weighted by Gasteiger charge is 2.12. The second-order valence-electron chi connectivity index (χ2n) is 3.80. The van der Waals surface area contributed by atoms with Crippen LogP contribution in [0.2, 0.25) is 0 Å². The van der Waals surface area contributed by atoms with Crippen LogP contribution in [-0.4, -0.2) is 18.7 Å². The Hall–Kier alpha value is -1.90. The number of aromatic nitrogens is 1. The van der Waals surface area contributed by atoms with E-state index < -0.39 is 0 Å². The number of nitrogens with zero attached hydrogens (tertiary/aromatic N) is 2. The minimum absolute atomic E-state index is 0.358. The van der Waals surface area contributed by atoms with E-state index in [-0.39, 0.29) is 0 Å². The van der Waals surface area contributed by atoms with E-state index in [2.05, 4.69) is 11.1 Å². The average Bonchev–Trinajstić information content (AvgIpc) is 2.84. The molecular weight excluding hydrogens is 260 g/mol. The van der Waals surface area contributed by atoms with Crippen molar-refractivity contribution >= 4 is 11.3 Å². The molecule has 0 N–H and O–H groups in total. The van der Waals surface area contributed by atoms with Gasteiger partial charge in [-0.25, -0.2) is 4.98 Å². The second-order valence-corrected chi connectivity index (χ2v) is 4.80. The van der Waals surface area contributed by atoms with Crippen LogP contribution in [0.5, 0.6) is 5.75 Å². The van der Waals surface area contributed by atoms with Gasteiger partial charge in [-0.3, -0.25) is 0 Å². The van der Waals surface area contributed by atoms with Crippen molar-refractivity contribution in [3.8, 4) is 22.4 Å². The molecule has 0 fully saturated rings. The number of hydrogen-bond donors (Lipinski definition) is 0. The van der Waals surface area contributed by atoms with Gasteiger partial charge in [0.05, 0.1) is 18.9 Å². The zero-order chi connectivity index (χ0) is 13.7. The zero-order valence-corrected chi connectivity index (χ0v) is 11.7. The molecule has 0 aliphatic rings. The molecule has 0 radical (unpaired) electrons. The van der Waals surface area contributed by atoms with E-state index in [9.17, 15) is 0 Å². The van der Waals surface area contributed by atoms with Crippen molar-refractivity contribution in [2.45, 2.75) is 13.5 Å². The Morgan fingerprint density at radius 3 is 2.63 bits per heavy atom. The molecule has 2 rings (SSSR count). The van der Waals surface area contributed by atoms with Crippen molar-refractivity contribution in [1.29, 1.82) is 5.26 Å². The summed E-state index contributed by atoms with van der Waals surface area (Å²) in [5.74, 6) is 0.834. The molecule has 0 saturated carbocycles. The van der Waals surface area contributed by atoms with E-state index >= 15 is 0 Å². The zero-order valence-electron chi connectivity index (χ0n) is 10.8. The standard InChI is InChI=1S/C14H14N2O2S/c1-3-18-11-6-4-10(5-7-11)14-16-12(9-17-2)13(8-15)19-14/h4-7H,3,9H2,1-2H3. The number of ether oxygens (including phenoxy) is 2. The second kappa shape index (κ2) is 6.32. The predicted octanol–water partition coefficient (Wildman–Crippen LogP) is 3.23. The molecule has 19 heavy (non-hydrogen) atoms. The van der Waals surface area contributed by atoms with Gasteiger partial charge in [-0.05, 0) is 31.2 Å². The highest BCUT2D eigenvalue weighted by atomic mass is 32.1. The SMILES string of the molecule is CCOc1ccc(-c2nc(COC)c(C#N)s2)cc1. The monoisotopic (exact) mass is 274 g/mol. The van der Waals surface area contributed by atoms with Crippen molar-refractivity contribution in [2.24, 2.45) is 0 Å². The van der Waals surface area contributed by atoms with E-state index in [1.807, 2.05) is 31.2 Å². The molecule has 0 aliphatic carbocycles. The van der Waals surface area contributed by atoms with Gasteiger partial charge in [-0.2, -0.15) is 5.26 Å². The Morgan fingerprint density at radius 2 is 2.05 bits per heavy atom. The number of hydrogen-bond acceptors (Lipinski definition) is 5. The van der Waals surface area contributed by atoms with Gasteiger partial charge in [0.25, 0.3) is 0 Å². The molecule has 0 amide bonds. The van der Waals surface area contributed by atoms with Gasteiger partial charge < -0.3 is 9.47 Å². The largest absolute Gasteiger partial charge is 0.494 e. The van der Waals surface area contributed by atoms with E-state index in [4.69, 9.17) is 14.7 Å². The molecule has 5 heteroatoms. The molecule has 2 aromatic rings. The molecule has 0 atom stereocenters. The van der Waals surface area contributed by atoms with Crippen LogP contribution in [0.15, 0.2) is 24.3 Å². The minimum Gasteiger partial charge on any atom is -0.494 e. The van der Waals surface area contributed by atoms with Crippen LogP contribution in [0.1, 0.15) is 17.5 Å². The average molecular weight is 274 g/mol. The summed E-state index contributed by atoms with van der Waals surface area (Å²) in [5, 5.41) is 9.89. The first-order valence-corrected chi connectivity index (χ1v) is 6.72. The molecule has 4 nitrogen and oxygen atoms in total. The van der Waals surface area contributed by atoms with E-state index in [0.717, 1.165) is 16.3 Å². The lowest BCUT2D eigenvalue weighted by Gasteiger charge is -2.02. The number of nitriles is 1. The van der Waals surface area contributed by atoms with E-state index in [1.54, 1.807) is 7.11 Å². The quantitative estimate of drug-likeness (QED) is 0.840. The third-order valence-corrected chi connectivity index (χ3v) is 3.54. The maximum Gasteiger partial charge on any atom is 0.130 e. The Labute approximate surface area is 116 Å². The van der Waals surface area contributed by atoms with Crippen LogP contribution in [0, 0.1) is 11.3 Å². The predicted molar refractivity (Wildman–Crippen MR) is 74.1 cm³/mol. The van der Waals surface area contributed by atoms with Gasteiger partial charge >= 0.3 is 0 Å². The van der Waals surface area contributed by atoms with Gasteiger partial charge in [0.15, 0.2) is 0 Å². The summed E-state index contributed by atoms with van der Waals surface area (Å²) in [6.45, 7) is 2.95. The molecule has 98 valence electrons. The summed E-state index contributed by atoms with van der Waals surface area (Å²) < 4.78 is 10.4. The fraction of sp³-hybridized carbons (Fsp3) is 0.286. The summed E-state index contributed by atoms with van der Waals surface area (Å²) in [6, 6.07) is 9.86. The third-order valence-electron chi connectivity index (χ3n) is 2.49. The first-order chi connectivity index (χ1) is 9.28. The lowest BCUT2D eigenvalue weighted by Crippen LogP contribution is -1.91. The van der Waals surface area contributed by atoms with Crippen molar-refractivity contribution in [3.05, 3.63) is 34.8 Å². The molecule has 0 unspecified atom stereocenters. The molecule has 0 bridgehead atoms. The summed E-state index contributed by atoms with van der Waals surface area (Å²) in [5.41, 5.74) is 1.67. The molecule has 1 aromatic heterocycles. The summed E-state index contributed by atoms with van der Waals surface area (Å²) in [4.78, 5) is 5.05. The number of rotatable bonds is 5. The Bertz CT molecular complexity index is 584. The fourth-order valence-electron chi connectivity index (χ4n) is 1.66. The summed E-state index contributed by atoms with van der Waals surface area (Å²) >= 11 is 1.38. The number of thiazole rings is 1. The Kier molecular flexibility index (Phi) is 4.50. The lowest BCUT2D eigenvalue weighted by molar-refractivity contribution is 0.182. The van der Waals surface area contributed by atoms with Gasteiger partial charge in [0.1, 0.15) is 21.7 Å². The van der Waals surface area contributed by atoms with Crippen molar-refractivity contribution in [1.82, 2.24) is 4.98 Å². The maximum atomic E-state index is 9.06. The lowest BCUT2D eigenvalue weighted by atomic mass is 10.2. The van der Waals surface area contributed by atoms with Gasteiger partial charge in [-0.1, -0.05) is 0 Å². The number of benzene rings is 1. The van der Waals surface area contributed by atoms with Crippen LogP contribution in [0.3, 0.4) is 0 Å². The molecule has 0 aliphatic heterocycles. The molecule has 0 saturated heterocycles. The Balaban J connectivity index is 2.28. The first-order valence-electron chi connectivity index (χ1n) is 5.90. The van der Waals surface area contributed by atoms with Crippen molar-refractivity contribution < 1.29 is 9.47 Å². The fourth-order valence-corrected chi connectivity index (χ4v) is 2.53. The highest BCUT2D eigenvalue weighted by molar-refractivity contribution is 7.15. The Morgan fingerprint density at radius 1 is 1.32 bits per heavy atom. The summed E-state index contributed by atoms with van der Waals surface area (Å²) in [7, 11) is 1.59. The van der Waals surface area contributed by atoms with E-state index in [0.29, 0.717) is 23.8 Å². The van der Waals surface area contributed by atoms with Crippen LogP contribution in [-0.2, 0) is 11.3 Å². The minimum atomic E-state index is 0.358. The van der Waals surface area contributed by atoms with Crippen molar-refractivity contribution in [2.75, 3.05) is 13.7 Å². The maximum absolute atomic E-state index is 9.06. The first kappa shape index (κ1) is 13.5. The smallest absolute Gasteiger partial charge is 0.130 e. The van der Waals surface area contributed by atoms with E-state index in [1.165, 1.54) is 11.3 Å². The third kappa shape index (κ3) is 3.11. The van der Waals surface area contributed by atoms with Crippen LogP contribution in [0.4, 0.5) is 0 Å². The molecular formula is C14H14N2O2S. The highest BCUT2D eigenvalue weighted by Crippen LogP contribution is 2.29. The van der Waals surface area contributed by atoms with Gasteiger partial charge in [-0.15, -0.1) is 11.3 Å². The summed E-state index contributed by atoms with van der Waals surface area (Å²) in [6.07, 6.45) is 0. The number of methoxy groups -OCH3 is 1. The molecule has 1 aromatic carbocycles. The van der Waals surface area contributed by atoms with Crippen LogP contribution in [0.25, 0.3) is 10.6 Å². The van der Waals surface area contributed by atoms with Crippen LogP contribution >= 0.6 is 11.3 Å². The van der Waals surface area contributed by atoms with Crippen LogP contribution < -0.4 is 4.74 Å². The molecule has 0 spiro atoms. The topological polar surface area (TPSA) is 55.1 Å².